The number of hydrogen-bond acceptors (Lipinski definition) is 6. The van der Waals surface area contributed by atoms with E-state index in [4.69, 9.17) is 13.9 Å². The number of hydrogen-bond donors (Lipinski definition) is 1. The van der Waals surface area contributed by atoms with Gasteiger partial charge in [-0.3, -0.25) is 4.79 Å². The summed E-state index contributed by atoms with van der Waals surface area (Å²) in [6, 6.07) is 21.6. The lowest BCUT2D eigenvalue weighted by Gasteiger charge is -2.33. The summed E-state index contributed by atoms with van der Waals surface area (Å²) in [6.45, 7) is 1.78. The number of methoxy groups -OCH3 is 1. The van der Waals surface area contributed by atoms with Crippen molar-refractivity contribution < 1.29 is 23.5 Å². The number of nitrogens with zero attached hydrogens (tertiary/aromatic N) is 1. The van der Waals surface area contributed by atoms with Crippen LogP contribution < -0.4 is 10.4 Å². The number of H-pyrrole nitrogens is 1. The monoisotopic (exact) mass is 522 g/mol. The minimum Gasteiger partial charge on any atom is -0.483 e. The van der Waals surface area contributed by atoms with Gasteiger partial charge in [0.15, 0.2) is 6.61 Å². The van der Waals surface area contributed by atoms with E-state index in [1.807, 2.05) is 67.6 Å². The van der Waals surface area contributed by atoms with Gasteiger partial charge in [0.05, 0.1) is 19.0 Å². The van der Waals surface area contributed by atoms with Gasteiger partial charge in [-0.05, 0) is 41.8 Å². The minimum atomic E-state index is -0.773. The topological polar surface area (TPSA) is 102 Å². The number of ether oxygens (including phenoxy) is 2. The van der Waals surface area contributed by atoms with Gasteiger partial charge in [0.1, 0.15) is 17.4 Å². The summed E-state index contributed by atoms with van der Waals surface area (Å²) >= 11 is 0. The van der Waals surface area contributed by atoms with Crippen LogP contribution in [0.1, 0.15) is 16.8 Å². The maximum Gasteiger partial charge on any atom is 0.336 e. The molecule has 196 valence electrons. The molecule has 1 aliphatic heterocycles. The summed E-state index contributed by atoms with van der Waals surface area (Å²) in [5, 5.41) is 1.63. The van der Waals surface area contributed by atoms with Crippen LogP contribution in [0.4, 0.5) is 0 Å². The highest BCUT2D eigenvalue weighted by Gasteiger charge is 2.37. The Kier molecular flexibility index (Phi) is 6.15. The molecular weight excluding hydrogens is 496 g/mol. The van der Waals surface area contributed by atoms with E-state index < -0.39 is 17.6 Å². The van der Waals surface area contributed by atoms with E-state index in [0.717, 1.165) is 33.3 Å². The first kappa shape index (κ1) is 24.5. The van der Waals surface area contributed by atoms with Crippen molar-refractivity contribution in [1.82, 2.24) is 9.88 Å². The average Bonchev–Trinajstić information content (AvgIpc) is 3.32. The van der Waals surface area contributed by atoms with E-state index in [9.17, 15) is 14.4 Å². The Hall–Kier alpha value is -4.85. The molecule has 1 N–H and O–H groups in total. The molecular formula is C31H26N2O6. The van der Waals surface area contributed by atoms with Crippen molar-refractivity contribution in [2.45, 2.75) is 25.9 Å². The zero-order valence-corrected chi connectivity index (χ0v) is 21.5. The van der Waals surface area contributed by atoms with Gasteiger partial charge < -0.3 is 23.8 Å². The molecule has 2 aromatic heterocycles. The first-order chi connectivity index (χ1) is 18.9. The summed E-state index contributed by atoms with van der Waals surface area (Å²) < 4.78 is 16.7. The molecule has 0 radical (unpaired) electrons. The third-order valence-corrected chi connectivity index (χ3v) is 7.19. The van der Waals surface area contributed by atoms with E-state index in [-0.39, 0.29) is 19.1 Å². The quantitative estimate of drug-likeness (QED) is 0.264. The number of aromatic amines is 1. The van der Waals surface area contributed by atoms with Gasteiger partial charge in [-0.15, -0.1) is 0 Å². The molecule has 0 fully saturated rings. The number of rotatable bonds is 5. The number of carbonyl (C=O) groups is 2. The lowest BCUT2D eigenvalue weighted by Crippen LogP contribution is -2.50. The first-order valence-electron chi connectivity index (χ1n) is 12.7. The predicted molar refractivity (Wildman–Crippen MR) is 147 cm³/mol. The average molecular weight is 523 g/mol. The van der Waals surface area contributed by atoms with Crippen molar-refractivity contribution in [2.24, 2.45) is 0 Å². The van der Waals surface area contributed by atoms with Crippen molar-refractivity contribution >= 4 is 33.7 Å². The summed E-state index contributed by atoms with van der Waals surface area (Å²) in [4.78, 5) is 43.6. The molecule has 1 atom stereocenters. The largest absolute Gasteiger partial charge is 0.483 e. The number of carbonyl (C=O) groups excluding carboxylic acids is 2. The van der Waals surface area contributed by atoms with Crippen molar-refractivity contribution in [3.05, 3.63) is 100 Å². The Morgan fingerprint density at radius 3 is 2.62 bits per heavy atom. The van der Waals surface area contributed by atoms with Crippen molar-refractivity contribution in [2.75, 3.05) is 13.7 Å². The summed E-state index contributed by atoms with van der Waals surface area (Å²) in [5.41, 5.74) is 5.04. The van der Waals surface area contributed by atoms with Gasteiger partial charge in [0.25, 0.3) is 5.91 Å². The minimum absolute atomic E-state index is 0.227. The molecule has 6 rings (SSSR count). The second-order valence-electron chi connectivity index (χ2n) is 9.66. The highest BCUT2D eigenvalue weighted by Crippen LogP contribution is 2.36. The second-order valence-corrected chi connectivity index (χ2v) is 9.66. The Balaban J connectivity index is 1.34. The Morgan fingerprint density at radius 2 is 1.82 bits per heavy atom. The van der Waals surface area contributed by atoms with Crippen LogP contribution in [0.3, 0.4) is 0 Å². The molecule has 3 aromatic carbocycles. The van der Waals surface area contributed by atoms with E-state index in [1.165, 1.54) is 18.1 Å². The molecule has 0 aliphatic carbocycles. The smallest absolute Gasteiger partial charge is 0.336 e. The normalized spacial score (nSPS) is 14.8. The fourth-order valence-electron chi connectivity index (χ4n) is 5.39. The van der Waals surface area contributed by atoms with E-state index in [0.29, 0.717) is 28.7 Å². The molecule has 1 aliphatic rings. The van der Waals surface area contributed by atoms with Gasteiger partial charge in [0.2, 0.25) is 0 Å². The number of aryl methyl sites for hydroxylation is 1. The van der Waals surface area contributed by atoms with Crippen LogP contribution in [0, 0.1) is 6.92 Å². The van der Waals surface area contributed by atoms with E-state index in [2.05, 4.69) is 4.98 Å². The van der Waals surface area contributed by atoms with Crippen LogP contribution >= 0.6 is 0 Å². The maximum atomic E-state index is 13.6. The zero-order valence-electron chi connectivity index (χ0n) is 21.5. The zero-order chi connectivity index (χ0) is 27.1. The highest BCUT2D eigenvalue weighted by atomic mass is 16.5. The van der Waals surface area contributed by atoms with Crippen LogP contribution in [0.2, 0.25) is 0 Å². The number of aromatic nitrogens is 1. The molecule has 1 amide bonds. The molecule has 1 unspecified atom stereocenters. The lowest BCUT2D eigenvalue weighted by atomic mass is 9.96. The predicted octanol–water partition coefficient (Wildman–Crippen LogP) is 4.76. The highest BCUT2D eigenvalue weighted by molar-refractivity contribution is 5.98. The molecule has 3 heterocycles. The Labute approximate surface area is 223 Å². The van der Waals surface area contributed by atoms with Crippen LogP contribution in [0.5, 0.6) is 5.75 Å². The third-order valence-electron chi connectivity index (χ3n) is 7.19. The standard InChI is InChI=1S/C31H26N2O6/c1-18-12-26(30-21(19-8-4-3-5-9-19)15-29(35)39-27(30)13-18)38-17-28(34)33-16-24-22(14-25(33)31(36)37-2)20-10-6-7-11-23(20)32-24/h3-13,15,25,32H,14,16-17H2,1-2H3. The van der Waals surface area contributed by atoms with Crippen molar-refractivity contribution in [3.63, 3.8) is 0 Å². The molecule has 0 saturated carbocycles. The SMILES string of the molecule is COC(=O)C1Cc2c([nH]c3ccccc23)CN1C(=O)COc1cc(C)cc2oc(=O)cc(-c3ccccc3)c12. The van der Waals surface area contributed by atoms with Crippen LogP contribution in [0.15, 0.2) is 82.0 Å². The summed E-state index contributed by atoms with van der Waals surface area (Å²) in [5.74, 6) is -0.421. The molecule has 0 spiro atoms. The van der Waals surface area contributed by atoms with Gasteiger partial charge in [-0.1, -0.05) is 48.5 Å². The first-order valence-corrected chi connectivity index (χ1v) is 12.7. The molecule has 8 nitrogen and oxygen atoms in total. The molecule has 8 heteroatoms. The fraction of sp³-hybridized carbons (Fsp3) is 0.194. The third kappa shape index (κ3) is 4.44. The maximum absolute atomic E-state index is 13.6. The van der Waals surface area contributed by atoms with Crippen molar-refractivity contribution in [1.29, 1.82) is 0 Å². The van der Waals surface area contributed by atoms with Gasteiger partial charge in [-0.2, -0.15) is 0 Å². The molecule has 0 bridgehead atoms. The molecule has 5 aromatic rings. The number of nitrogens with one attached hydrogen (secondary N) is 1. The van der Waals surface area contributed by atoms with Crippen molar-refractivity contribution in [3.8, 4) is 16.9 Å². The lowest BCUT2D eigenvalue weighted by molar-refractivity contribution is -0.154. The summed E-state index contributed by atoms with van der Waals surface area (Å²) in [7, 11) is 1.32. The summed E-state index contributed by atoms with van der Waals surface area (Å²) in [6.07, 6.45) is 0.342. The Bertz CT molecular complexity index is 1790. The molecule has 39 heavy (non-hydrogen) atoms. The number of para-hydroxylation sites is 1. The van der Waals surface area contributed by atoms with Crippen LogP contribution in [-0.4, -0.2) is 41.5 Å². The van der Waals surface area contributed by atoms with E-state index in [1.54, 1.807) is 6.07 Å². The second kappa shape index (κ2) is 9.79. The Morgan fingerprint density at radius 1 is 1.05 bits per heavy atom. The number of fused-ring (bicyclic) bond motifs is 4. The molecule has 0 saturated heterocycles. The fourth-order valence-corrected chi connectivity index (χ4v) is 5.39. The van der Waals surface area contributed by atoms with Gasteiger partial charge >= 0.3 is 11.6 Å². The number of benzene rings is 3. The van der Waals surface area contributed by atoms with Gasteiger partial charge in [0, 0.05) is 34.6 Å². The number of amides is 1. The van der Waals surface area contributed by atoms with Crippen LogP contribution in [0.25, 0.3) is 33.0 Å². The van der Waals surface area contributed by atoms with E-state index >= 15 is 0 Å². The van der Waals surface area contributed by atoms with Crippen LogP contribution in [-0.2, 0) is 27.3 Å². The van der Waals surface area contributed by atoms with Gasteiger partial charge in [-0.25, -0.2) is 9.59 Å². The number of esters is 1.